The van der Waals surface area contributed by atoms with E-state index in [2.05, 4.69) is 31.4 Å². The van der Waals surface area contributed by atoms with Gasteiger partial charge in [-0.2, -0.15) is 5.10 Å². The van der Waals surface area contributed by atoms with Crippen LogP contribution in [0.3, 0.4) is 0 Å². The number of hydrogen-bond acceptors (Lipinski definition) is 4. The molecule has 1 aromatic heterocycles. The third kappa shape index (κ3) is 4.25. The van der Waals surface area contributed by atoms with Gasteiger partial charge in [0.1, 0.15) is 5.01 Å². The number of carbonyl (C=O) groups is 1. The Kier molecular flexibility index (Phi) is 5.03. The molecular weight excluding hydrogens is 338 g/mol. The molecule has 2 rings (SSSR count). The summed E-state index contributed by atoms with van der Waals surface area (Å²) in [5.41, 5.74) is 5.22. The number of aromatic nitrogens is 1. The second kappa shape index (κ2) is 6.76. The van der Waals surface area contributed by atoms with Crippen LogP contribution in [-0.4, -0.2) is 16.6 Å². The van der Waals surface area contributed by atoms with Crippen molar-refractivity contribution >= 4 is 38.9 Å². The fourth-order valence-electron chi connectivity index (χ4n) is 1.59. The number of hydrazone groups is 1. The van der Waals surface area contributed by atoms with Gasteiger partial charge in [0.25, 0.3) is 0 Å². The molecule has 20 heavy (non-hydrogen) atoms. The van der Waals surface area contributed by atoms with E-state index in [0.717, 1.165) is 26.4 Å². The number of nitrogens with one attached hydrogen (secondary N) is 1. The van der Waals surface area contributed by atoms with E-state index >= 15 is 0 Å². The maximum atomic E-state index is 11.8. The number of amides is 1. The zero-order chi connectivity index (χ0) is 14.5. The average Bonchev–Trinajstić information content (AvgIpc) is 2.81. The molecule has 1 N–H and O–H groups in total. The van der Waals surface area contributed by atoms with Gasteiger partial charge in [-0.1, -0.05) is 28.1 Å². The van der Waals surface area contributed by atoms with Gasteiger partial charge in [0.15, 0.2) is 0 Å². The van der Waals surface area contributed by atoms with E-state index in [1.165, 1.54) is 11.3 Å². The maximum Gasteiger partial charge on any atom is 0.246 e. The molecule has 0 saturated heterocycles. The van der Waals surface area contributed by atoms with Crippen molar-refractivity contribution < 1.29 is 4.79 Å². The van der Waals surface area contributed by atoms with E-state index in [0.29, 0.717) is 0 Å². The van der Waals surface area contributed by atoms with Crippen LogP contribution in [-0.2, 0) is 11.2 Å². The number of hydrogen-bond donors (Lipinski definition) is 1. The molecule has 0 aliphatic heterocycles. The molecule has 0 aliphatic rings. The summed E-state index contributed by atoms with van der Waals surface area (Å²) in [6, 6.07) is 7.77. The van der Waals surface area contributed by atoms with E-state index < -0.39 is 0 Å². The van der Waals surface area contributed by atoms with Gasteiger partial charge in [0.2, 0.25) is 5.91 Å². The van der Waals surface area contributed by atoms with Gasteiger partial charge in [0.05, 0.1) is 12.1 Å². The molecule has 0 unspecified atom stereocenters. The topological polar surface area (TPSA) is 54.4 Å². The highest BCUT2D eigenvalue weighted by atomic mass is 79.9. The van der Waals surface area contributed by atoms with Crippen molar-refractivity contribution in [1.29, 1.82) is 0 Å². The Morgan fingerprint density at radius 3 is 2.95 bits per heavy atom. The van der Waals surface area contributed by atoms with Crippen molar-refractivity contribution in [3.63, 3.8) is 0 Å². The number of rotatable bonds is 4. The number of thiazole rings is 1. The Labute approximate surface area is 130 Å². The highest BCUT2D eigenvalue weighted by Gasteiger charge is 2.06. The molecular formula is C14H14BrN3OS. The molecule has 0 spiro atoms. The molecule has 0 fully saturated rings. The second-order valence-corrected chi connectivity index (χ2v) is 6.16. The zero-order valence-electron chi connectivity index (χ0n) is 11.2. The molecule has 6 heteroatoms. The van der Waals surface area contributed by atoms with E-state index in [1.807, 2.05) is 43.5 Å². The molecule has 1 amide bonds. The Balaban J connectivity index is 1.96. The highest BCUT2D eigenvalue weighted by molar-refractivity contribution is 9.10. The number of aryl methyl sites for hydroxylation is 1. The third-order valence-electron chi connectivity index (χ3n) is 2.57. The van der Waals surface area contributed by atoms with Crippen LogP contribution >= 0.6 is 27.3 Å². The predicted molar refractivity (Wildman–Crippen MR) is 85.1 cm³/mol. The van der Waals surface area contributed by atoms with Crippen LogP contribution in [0.1, 0.15) is 23.2 Å². The molecule has 1 heterocycles. The first kappa shape index (κ1) is 14.9. The third-order valence-corrected chi connectivity index (χ3v) is 4.03. The molecule has 0 aliphatic carbocycles. The first-order valence-electron chi connectivity index (χ1n) is 6.04. The monoisotopic (exact) mass is 351 g/mol. The van der Waals surface area contributed by atoms with Crippen LogP contribution in [0.5, 0.6) is 0 Å². The number of benzene rings is 1. The summed E-state index contributed by atoms with van der Waals surface area (Å²) >= 11 is 4.89. The predicted octanol–water partition coefficient (Wildman–Crippen LogP) is 3.30. The van der Waals surface area contributed by atoms with Crippen molar-refractivity contribution in [1.82, 2.24) is 10.4 Å². The molecule has 104 valence electrons. The van der Waals surface area contributed by atoms with E-state index in [4.69, 9.17) is 0 Å². The van der Waals surface area contributed by atoms with Crippen LogP contribution < -0.4 is 5.43 Å². The summed E-state index contributed by atoms with van der Waals surface area (Å²) in [5, 5.41) is 6.84. The molecule has 0 radical (unpaired) electrons. The molecule has 1 aromatic carbocycles. The van der Waals surface area contributed by atoms with Crippen LogP contribution in [0.4, 0.5) is 0 Å². The second-order valence-electron chi connectivity index (χ2n) is 4.30. The minimum atomic E-state index is -0.159. The summed E-state index contributed by atoms with van der Waals surface area (Å²) < 4.78 is 0.981. The van der Waals surface area contributed by atoms with Gasteiger partial charge in [0, 0.05) is 15.5 Å². The summed E-state index contributed by atoms with van der Waals surface area (Å²) in [6.45, 7) is 3.77. The maximum absolute atomic E-state index is 11.8. The van der Waals surface area contributed by atoms with E-state index in [-0.39, 0.29) is 12.3 Å². The van der Waals surface area contributed by atoms with Crippen LogP contribution in [0.25, 0.3) is 0 Å². The van der Waals surface area contributed by atoms with Crippen molar-refractivity contribution in [2.45, 2.75) is 20.3 Å². The minimum absolute atomic E-state index is 0.159. The van der Waals surface area contributed by atoms with Crippen molar-refractivity contribution in [2.24, 2.45) is 5.10 Å². The van der Waals surface area contributed by atoms with Gasteiger partial charge in [-0.25, -0.2) is 10.4 Å². The lowest BCUT2D eigenvalue weighted by atomic mass is 10.1. The fourth-order valence-corrected chi connectivity index (χ4v) is 2.75. The molecule has 2 aromatic rings. The van der Waals surface area contributed by atoms with E-state index in [1.54, 1.807) is 0 Å². The lowest BCUT2D eigenvalue weighted by Gasteiger charge is -2.02. The van der Waals surface area contributed by atoms with E-state index in [9.17, 15) is 4.79 Å². The average molecular weight is 352 g/mol. The highest BCUT2D eigenvalue weighted by Crippen LogP contribution is 2.12. The summed E-state index contributed by atoms with van der Waals surface area (Å²) in [4.78, 5) is 16.0. The Morgan fingerprint density at radius 2 is 2.30 bits per heavy atom. The summed E-state index contributed by atoms with van der Waals surface area (Å²) in [5.74, 6) is -0.159. The molecule has 0 atom stereocenters. The van der Waals surface area contributed by atoms with Crippen LogP contribution in [0.2, 0.25) is 0 Å². The number of nitrogens with zero attached hydrogens (tertiary/aromatic N) is 2. The molecule has 0 bridgehead atoms. The Morgan fingerprint density at radius 1 is 1.50 bits per heavy atom. The Bertz CT molecular complexity index is 651. The lowest BCUT2D eigenvalue weighted by molar-refractivity contribution is -0.120. The number of carbonyl (C=O) groups excluding carboxylic acids is 1. The van der Waals surface area contributed by atoms with Crippen molar-refractivity contribution in [3.8, 4) is 0 Å². The van der Waals surface area contributed by atoms with Crippen LogP contribution in [0, 0.1) is 6.92 Å². The summed E-state index contributed by atoms with van der Waals surface area (Å²) in [6.07, 6.45) is 0.258. The fraction of sp³-hybridized carbons (Fsp3) is 0.214. The first-order valence-corrected chi connectivity index (χ1v) is 7.72. The largest absolute Gasteiger partial charge is 0.273 e. The van der Waals surface area contributed by atoms with Gasteiger partial charge in [-0.05, 0) is 31.5 Å². The molecule has 4 nitrogen and oxygen atoms in total. The first-order chi connectivity index (χ1) is 9.54. The summed E-state index contributed by atoms with van der Waals surface area (Å²) in [7, 11) is 0. The number of halogens is 1. The van der Waals surface area contributed by atoms with Crippen molar-refractivity contribution in [3.05, 3.63) is 50.4 Å². The lowest BCUT2D eigenvalue weighted by Crippen LogP contribution is -2.21. The van der Waals surface area contributed by atoms with Gasteiger partial charge in [-0.3, -0.25) is 4.79 Å². The standard InChI is InChI=1S/C14H14BrN3OS/c1-9-8-20-14(16-9)7-13(19)18-17-10(2)11-4-3-5-12(15)6-11/h3-6,8H,7H2,1-2H3,(H,18,19)/b17-10-. The van der Waals surface area contributed by atoms with Crippen LogP contribution in [0.15, 0.2) is 39.2 Å². The zero-order valence-corrected chi connectivity index (χ0v) is 13.6. The Hall–Kier alpha value is -1.53. The quantitative estimate of drug-likeness (QED) is 0.678. The SMILES string of the molecule is C/C(=N/NC(=O)Cc1nc(C)cs1)c1cccc(Br)c1. The minimum Gasteiger partial charge on any atom is -0.273 e. The van der Waals surface area contributed by atoms with Gasteiger partial charge >= 0.3 is 0 Å². The molecule has 0 saturated carbocycles. The smallest absolute Gasteiger partial charge is 0.246 e. The van der Waals surface area contributed by atoms with Gasteiger partial charge < -0.3 is 0 Å². The van der Waals surface area contributed by atoms with Crippen molar-refractivity contribution in [2.75, 3.05) is 0 Å². The van der Waals surface area contributed by atoms with Gasteiger partial charge in [-0.15, -0.1) is 11.3 Å². The normalized spacial score (nSPS) is 11.4.